The van der Waals surface area contributed by atoms with Crippen LogP contribution in [-0.2, 0) is 16.1 Å². The van der Waals surface area contributed by atoms with Crippen LogP contribution in [0.4, 0.5) is 11.5 Å². The molecule has 0 radical (unpaired) electrons. The summed E-state index contributed by atoms with van der Waals surface area (Å²) < 4.78 is 5.23. The molecule has 10 heteroatoms. The van der Waals surface area contributed by atoms with E-state index in [2.05, 4.69) is 30.9 Å². The maximum Gasteiger partial charge on any atom is 0.235 e. The van der Waals surface area contributed by atoms with Crippen molar-refractivity contribution in [3.63, 3.8) is 0 Å². The van der Waals surface area contributed by atoms with Gasteiger partial charge in [-0.05, 0) is 56.0 Å². The zero-order valence-corrected chi connectivity index (χ0v) is 20.4. The third-order valence-electron chi connectivity index (χ3n) is 6.45. The van der Waals surface area contributed by atoms with Crippen molar-refractivity contribution in [1.29, 1.82) is 0 Å². The number of thioether (sulfide) groups is 1. The van der Waals surface area contributed by atoms with E-state index in [0.29, 0.717) is 46.6 Å². The predicted molar refractivity (Wildman–Crippen MR) is 135 cm³/mol. The number of carbonyl (C=O) groups excluding carboxylic acids is 2. The largest absolute Gasteiger partial charge is 0.481 e. The lowest BCUT2D eigenvalue weighted by atomic mass is 9.81. The molecule has 3 aromatic heterocycles. The number of nitrogens with one attached hydrogen (secondary N) is 3. The standard InChI is InChI=1S/C25H28N6O3S/c1-34-22-8-6-18-23(31-22)19(9-10-27-18)29-25(33)16-4-2-3-15(11-16)12-26-13-17-5-7-20-24(28-17)30-21(32)14-35-20/h5-10,15-16,26H,2-4,11-14H2,1H3,(H,27,29,33)(H,28,30,32). The van der Waals surface area contributed by atoms with Crippen LogP contribution >= 0.6 is 11.8 Å². The van der Waals surface area contributed by atoms with Crippen LogP contribution in [0.5, 0.6) is 5.88 Å². The molecule has 182 valence electrons. The Morgan fingerprint density at radius 2 is 2.11 bits per heavy atom. The molecule has 9 nitrogen and oxygen atoms in total. The Balaban J connectivity index is 1.16. The van der Waals surface area contributed by atoms with Gasteiger partial charge in [0.15, 0.2) is 0 Å². The summed E-state index contributed by atoms with van der Waals surface area (Å²) in [5.41, 5.74) is 2.89. The summed E-state index contributed by atoms with van der Waals surface area (Å²) in [4.78, 5) is 39.1. The van der Waals surface area contributed by atoms with Gasteiger partial charge in [0.2, 0.25) is 17.7 Å². The summed E-state index contributed by atoms with van der Waals surface area (Å²) in [6.45, 7) is 1.44. The van der Waals surface area contributed by atoms with Crippen LogP contribution < -0.4 is 20.7 Å². The van der Waals surface area contributed by atoms with Gasteiger partial charge in [-0.2, -0.15) is 0 Å². The Hall–Kier alpha value is -3.24. The van der Waals surface area contributed by atoms with Crippen LogP contribution in [0, 0.1) is 11.8 Å². The van der Waals surface area contributed by atoms with Crippen molar-refractivity contribution in [2.75, 3.05) is 30.0 Å². The summed E-state index contributed by atoms with van der Waals surface area (Å²) in [5.74, 6) is 1.95. The topological polar surface area (TPSA) is 118 Å². The molecule has 2 aliphatic rings. The van der Waals surface area contributed by atoms with E-state index in [1.54, 1.807) is 25.4 Å². The number of hydrogen-bond acceptors (Lipinski definition) is 8. The number of carbonyl (C=O) groups is 2. The van der Waals surface area contributed by atoms with Crippen LogP contribution in [-0.4, -0.2) is 46.2 Å². The number of aromatic nitrogens is 3. The molecular formula is C25H28N6O3S. The van der Waals surface area contributed by atoms with Crippen molar-refractivity contribution < 1.29 is 14.3 Å². The lowest BCUT2D eigenvalue weighted by molar-refractivity contribution is -0.121. The maximum absolute atomic E-state index is 13.1. The fourth-order valence-electron chi connectivity index (χ4n) is 4.68. The molecule has 0 aromatic carbocycles. The van der Waals surface area contributed by atoms with Gasteiger partial charge in [-0.3, -0.25) is 14.6 Å². The fourth-order valence-corrected chi connectivity index (χ4v) is 5.43. The highest BCUT2D eigenvalue weighted by molar-refractivity contribution is 8.00. The molecule has 0 spiro atoms. The van der Waals surface area contributed by atoms with Crippen molar-refractivity contribution in [2.24, 2.45) is 11.8 Å². The van der Waals surface area contributed by atoms with Crippen LogP contribution in [0.25, 0.3) is 11.0 Å². The van der Waals surface area contributed by atoms with E-state index >= 15 is 0 Å². The third-order valence-corrected chi connectivity index (χ3v) is 7.50. The fraction of sp³-hybridized carbons (Fsp3) is 0.400. The van der Waals surface area contributed by atoms with E-state index in [-0.39, 0.29) is 17.7 Å². The monoisotopic (exact) mass is 492 g/mol. The van der Waals surface area contributed by atoms with Crippen LogP contribution in [0.2, 0.25) is 0 Å². The van der Waals surface area contributed by atoms with Crippen molar-refractivity contribution >= 4 is 46.1 Å². The molecule has 35 heavy (non-hydrogen) atoms. The predicted octanol–water partition coefficient (Wildman–Crippen LogP) is 3.61. The lowest BCUT2D eigenvalue weighted by Crippen LogP contribution is -2.32. The molecule has 0 bridgehead atoms. The Kier molecular flexibility index (Phi) is 7.10. The minimum Gasteiger partial charge on any atom is -0.481 e. The van der Waals surface area contributed by atoms with E-state index in [1.807, 2.05) is 18.2 Å². The molecule has 5 rings (SSSR count). The number of ether oxygens (including phenoxy) is 1. The smallest absolute Gasteiger partial charge is 0.235 e. The van der Waals surface area contributed by atoms with Crippen molar-refractivity contribution in [1.82, 2.24) is 20.3 Å². The highest BCUT2D eigenvalue weighted by atomic mass is 32.2. The second-order valence-corrected chi connectivity index (χ2v) is 9.93. The molecule has 1 saturated carbocycles. The van der Waals surface area contributed by atoms with Crippen LogP contribution in [0.3, 0.4) is 0 Å². The molecule has 1 aliphatic carbocycles. The summed E-state index contributed by atoms with van der Waals surface area (Å²) in [6, 6.07) is 9.38. The Morgan fingerprint density at radius 1 is 1.20 bits per heavy atom. The number of anilines is 2. The van der Waals surface area contributed by atoms with Crippen LogP contribution in [0.15, 0.2) is 41.4 Å². The van der Waals surface area contributed by atoms with Gasteiger partial charge in [0.1, 0.15) is 11.3 Å². The van der Waals surface area contributed by atoms with E-state index < -0.39 is 0 Å². The summed E-state index contributed by atoms with van der Waals surface area (Å²) in [7, 11) is 1.57. The van der Waals surface area contributed by atoms with E-state index in [9.17, 15) is 9.59 Å². The van der Waals surface area contributed by atoms with Gasteiger partial charge in [0.25, 0.3) is 0 Å². The number of nitrogens with zero attached hydrogens (tertiary/aromatic N) is 3. The van der Waals surface area contributed by atoms with Gasteiger partial charge in [-0.1, -0.05) is 6.42 Å². The van der Waals surface area contributed by atoms with E-state index in [1.165, 1.54) is 11.8 Å². The molecule has 3 N–H and O–H groups in total. The Labute approximate surface area is 207 Å². The number of amides is 2. The molecule has 4 heterocycles. The van der Waals surface area contributed by atoms with Crippen molar-refractivity contribution in [2.45, 2.75) is 37.1 Å². The minimum absolute atomic E-state index is 0.0127. The van der Waals surface area contributed by atoms with Gasteiger partial charge in [-0.15, -0.1) is 11.8 Å². The zero-order chi connectivity index (χ0) is 24.2. The van der Waals surface area contributed by atoms with Gasteiger partial charge >= 0.3 is 0 Å². The van der Waals surface area contributed by atoms with Crippen molar-refractivity contribution in [3.05, 3.63) is 42.2 Å². The van der Waals surface area contributed by atoms with Gasteiger partial charge < -0.3 is 20.7 Å². The molecule has 2 amide bonds. The van der Waals surface area contributed by atoms with Crippen LogP contribution in [0.1, 0.15) is 31.4 Å². The molecule has 2 atom stereocenters. The zero-order valence-electron chi connectivity index (χ0n) is 19.5. The number of hydrogen-bond donors (Lipinski definition) is 3. The third kappa shape index (κ3) is 5.54. The van der Waals surface area contributed by atoms with Crippen molar-refractivity contribution in [3.8, 4) is 5.88 Å². The number of fused-ring (bicyclic) bond motifs is 2. The number of rotatable bonds is 7. The number of methoxy groups -OCH3 is 1. The van der Waals surface area contributed by atoms with E-state index in [4.69, 9.17) is 4.74 Å². The first-order valence-electron chi connectivity index (χ1n) is 11.8. The first kappa shape index (κ1) is 23.5. The second kappa shape index (κ2) is 10.6. The summed E-state index contributed by atoms with van der Waals surface area (Å²) >= 11 is 1.51. The Bertz CT molecular complexity index is 1250. The maximum atomic E-state index is 13.1. The average molecular weight is 493 g/mol. The van der Waals surface area contributed by atoms with Gasteiger partial charge in [0.05, 0.1) is 34.7 Å². The highest BCUT2D eigenvalue weighted by Crippen LogP contribution is 2.32. The lowest BCUT2D eigenvalue weighted by Gasteiger charge is -2.28. The normalized spacial score (nSPS) is 19.6. The quantitative estimate of drug-likeness (QED) is 0.458. The second-order valence-electron chi connectivity index (χ2n) is 8.92. The SMILES string of the molecule is COc1ccc2nccc(NC(=O)C3CCCC(CNCc4ccc5c(n4)NC(=O)CS5)C3)c2n1. The summed E-state index contributed by atoms with van der Waals surface area (Å²) in [6.07, 6.45) is 5.51. The molecule has 1 aliphatic heterocycles. The molecule has 0 saturated heterocycles. The average Bonchev–Trinajstić information content (AvgIpc) is 2.88. The highest BCUT2D eigenvalue weighted by Gasteiger charge is 2.27. The molecular weight excluding hydrogens is 464 g/mol. The number of pyridine rings is 3. The van der Waals surface area contributed by atoms with E-state index in [0.717, 1.165) is 42.8 Å². The molecule has 2 unspecified atom stereocenters. The first-order valence-corrected chi connectivity index (χ1v) is 12.8. The van der Waals surface area contributed by atoms with Gasteiger partial charge in [-0.25, -0.2) is 9.97 Å². The summed E-state index contributed by atoms with van der Waals surface area (Å²) in [5, 5.41) is 9.40. The minimum atomic E-state index is -0.0431. The first-order chi connectivity index (χ1) is 17.1. The molecule has 1 fully saturated rings. The Morgan fingerprint density at radius 3 is 3.00 bits per heavy atom. The molecule has 3 aromatic rings. The van der Waals surface area contributed by atoms with Gasteiger partial charge in [0, 0.05) is 24.7 Å².